The van der Waals surface area contributed by atoms with Crippen LogP contribution >= 0.6 is 0 Å². The van der Waals surface area contributed by atoms with Crippen LogP contribution in [0.4, 0.5) is 5.69 Å². The molecule has 0 unspecified atom stereocenters. The molecule has 1 aliphatic rings. The van der Waals surface area contributed by atoms with Crippen LogP contribution in [-0.4, -0.2) is 47.4 Å². The zero-order valence-electron chi connectivity index (χ0n) is 16.9. The largest absolute Gasteiger partial charge is 0.493 e. The van der Waals surface area contributed by atoms with Gasteiger partial charge in [-0.2, -0.15) is 9.78 Å². The van der Waals surface area contributed by atoms with E-state index in [0.717, 1.165) is 16.7 Å². The lowest BCUT2D eigenvalue weighted by Gasteiger charge is -2.14. The summed E-state index contributed by atoms with van der Waals surface area (Å²) in [4.78, 5) is 12.4. The highest BCUT2D eigenvalue weighted by Crippen LogP contribution is 2.34. The first-order valence-corrected chi connectivity index (χ1v) is 9.37. The van der Waals surface area contributed by atoms with E-state index in [-0.39, 0.29) is 12.4 Å². The van der Waals surface area contributed by atoms with Crippen molar-refractivity contribution in [3.05, 3.63) is 64.7 Å². The highest BCUT2D eigenvalue weighted by Gasteiger charge is 2.27. The van der Waals surface area contributed by atoms with Crippen LogP contribution in [0.15, 0.2) is 41.5 Å². The molecule has 1 aliphatic heterocycles. The second-order valence-corrected chi connectivity index (χ2v) is 6.59. The summed E-state index contributed by atoms with van der Waals surface area (Å²) in [5.41, 5.74) is 9.70. The Morgan fingerprint density at radius 1 is 1.13 bits per heavy atom. The number of rotatable bonds is 5. The summed E-state index contributed by atoms with van der Waals surface area (Å²) in [5.74, 6) is 1.08. The summed E-state index contributed by atoms with van der Waals surface area (Å²) in [5, 5.41) is 12.9. The SMILES string of the molecule is CCOC(=O)c1nnc2n1N=C(c1cccc(N)c1)c1cc(OC)c(OC)cc1C2. The Labute approximate surface area is 173 Å². The molecular formula is C21H21N5O4. The molecule has 1 aromatic heterocycles. The van der Waals surface area contributed by atoms with E-state index in [9.17, 15) is 4.79 Å². The summed E-state index contributed by atoms with van der Waals surface area (Å²) in [7, 11) is 3.15. The number of hydrogen-bond acceptors (Lipinski definition) is 8. The number of anilines is 1. The Kier molecular flexibility index (Phi) is 5.09. The molecule has 0 radical (unpaired) electrons. The molecule has 3 aromatic rings. The zero-order valence-corrected chi connectivity index (χ0v) is 16.9. The molecule has 0 bridgehead atoms. The monoisotopic (exact) mass is 407 g/mol. The molecule has 2 aromatic carbocycles. The molecule has 0 fully saturated rings. The van der Waals surface area contributed by atoms with Gasteiger partial charge in [-0.25, -0.2) is 4.79 Å². The van der Waals surface area contributed by atoms with Crippen LogP contribution in [0, 0.1) is 0 Å². The van der Waals surface area contributed by atoms with Gasteiger partial charge in [0.25, 0.3) is 5.82 Å². The summed E-state index contributed by atoms with van der Waals surface area (Å²) >= 11 is 0. The number of aromatic nitrogens is 3. The molecule has 0 atom stereocenters. The van der Waals surface area contributed by atoms with E-state index in [1.165, 1.54) is 4.68 Å². The van der Waals surface area contributed by atoms with Crippen molar-refractivity contribution in [2.75, 3.05) is 26.6 Å². The Morgan fingerprint density at radius 3 is 2.60 bits per heavy atom. The van der Waals surface area contributed by atoms with E-state index in [1.54, 1.807) is 27.2 Å². The standard InChI is InChI=1S/C21H21N5O4/c1-4-30-21(27)20-24-23-18-10-13-9-16(28-2)17(29-3)11-15(13)19(25-26(18)20)12-6-5-7-14(22)8-12/h5-9,11H,4,10,22H2,1-3H3. The van der Waals surface area contributed by atoms with Crippen molar-refractivity contribution in [3.63, 3.8) is 0 Å². The van der Waals surface area contributed by atoms with Crippen molar-refractivity contribution in [1.29, 1.82) is 0 Å². The number of fused-ring (bicyclic) bond motifs is 2. The van der Waals surface area contributed by atoms with E-state index in [0.29, 0.717) is 35.1 Å². The molecule has 154 valence electrons. The van der Waals surface area contributed by atoms with Gasteiger partial charge in [0.05, 0.1) is 26.5 Å². The van der Waals surface area contributed by atoms with Gasteiger partial charge in [0.15, 0.2) is 17.3 Å². The number of ether oxygens (including phenoxy) is 3. The predicted molar refractivity (Wildman–Crippen MR) is 110 cm³/mol. The number of nitrogens with zero attached hydrogens (tertiary/aromatic N) is 4. The number of nitrogens with two attached hydrogens (primary N) is 1. The fourth-order valence-corrected chi connectivity index (χ4v) is 3.36. The maximum Gasteiger partial charge on any atom is 0.378 e. The smallest absolute Gasteiger partial charge is 0.378 e. The minimum Gasteiger partial charge on any atom is -0.493 e. The van der Waals surface area contributed by atoms with Crippen molar-refractivity contribution < 1.29 is 19.0 Å². The number of carbonyl (C=O) groups is 1. The first kappa shape index (κ1) is 19.4. The van der Waals surface area contributed by atoms with Gasteiger partial charge >= 0.3 is 5.97 Å². The molecule has 30 heavy (non-hydrogen) atoms. The molecule has 0 spiro atoms. The van der Waals surface area contributed by atoms with Gasteiger partial charge in [-0.3, -0.25) is 0 Å². The van der Waals surface area contributed by atoms with Crippen LogP contribution in [0.3, 0.4) is 0 Å². The molecule has 0 aliphatic carbocycles. The summed E-state index contributed by atoms with van der Waals surface area (Å²) in [6.45, 7) is 1.95. The van der Waals surface area contributed by atoms with E-state index in [4.69, 9.17) is 25.0 Å². The molecule has 0 saturated carbocycles. The molecule has 4 rings (SSSR count). The Balaban J connectivity index is 1.98. The van der Waals surface area contributed by atoms with Crippen molar-refractivity contribution in [2.45, 2.75) is 13.3 Å². The first-order chi connectivity index (χ1) is 14.5. The van der Waals surface area contributed by atoms with Crippen LogP contribution in [-0.2, 0) is 11.2 Å². The predicted octanol–water partition coefficient (Wildman–Crippen LogP) is 2.26. The van der Waals surface area contributed by atoms with Gasteiger partial charge < -0.3 is 19.9 Å². The van der Waals surface area contributed by atoms with Crippen LogP contribution in [0.2, 0.25) is 0 Å². The molecule has 2 N–H and O–H groups in total. The normalized spacial score (nSPS) is 12.3. The van der Waals surface area contributed by atoms with Crippen molar-refractivity contribution in [1.82, 2.24) is 14.9 Å². The van der Waals surface area contributed by atoms with Gasteiger partial charge in [-0.15, -0.1) is 10.2 Å². The van der Waals surface area contributed by atoms with Crippen LogP contribution in [0.1, 0.15) is 40.1 Å². The van der Waals surface area contributed by atoms with Crippen LogP contribution < -0.4 is 15.2 Å². The maximum absolute atomic E-state index is 12.4. The third-order valence-electron chi connectivity index (χ3n) is 4.74. The quantitative estimate of drug-likeness (QED) is 0.399. The highest BCUT2D eigenvalue weighted by molar-refractivity contribution is 6.14. The van der Waals surface area contributed by atoms with Gasteiger partial charge in [0.2, 0.25) is 0 Å². The Hall–Kier alpha value is -3.88. The number of hydrogen-bond donors (Lipinski definition) is 1. The number of carbonyl (C=O) groups excluding carboxylic acids is 1. The van der Waals surface area contributed by atoms with Gasteiger partial charge in [0.1, 0.15) is 0 Å². The lowest BCUT2D eigenvalue weighted by Crippen LogP contribution is -2.14. The summed E-state index contributed by atoms with van der Waals surface area (Å²) in [6, 6.07) is 11.1. The third-order valence-corrected chi connectivity index (χ3v) is 4.74. The lowest BCUT2D eigenvalue weighted by molar-refractivity contribution is 0.0506. The van der Waals surface area contributed by atoms with E-state index >= 15 is 0 Å². The number of nitrogen functional groups attached to an aromatic ring is 1. The van der Waals surface area contributed by atoms with E-state index < -0.39 is 5.97 Å². The second-order valence-electron chi connectivity index (χ2n) is 6.59. The van der Waals surface area contributed by atoms with Gasteiger partial charge in [-0.1, -0.05) is 12.1 Å². The topological polar surface area (TPSA) is 114 Å². The molecule has 2 heterocycles. The van der Waals surface area contributed by atoms with Crippen LogP contribution in [0.5, 0.6) is 11.5 Å². The number of esters is 1. The second kappa shape index (κ2) is 7.86. The molecule has 0 amide bonds. The lowest BCUT2D eigenvalue weighted by atomic mass is 9.95. The third kappa shape index (κ3) is 3.34. The first-order valence-electron chi connectivity index (χ1n) is 9.37. The summed E-state index contributed by atoms with van der Waals surface area (Å²) in [6.07, 6.45) is 0.386. The van der Waals surface area contributed by atoms with E-state index in [1.807, 2.05) is 30.3 Å². The summed E-state index contributed by atoms with van der Waals surface area (Å²) < 4.78 is 17.5. The molecular weight excluding hydrogens is 386 g/mol. The van der Waals surface area contributed by atoms with Crippen molar-refractivity contribution >= 4 is 17.4 Å². The van der Waals surface area contributed by atoms with Gasteiger partial charge in [0, 0.05) is 23.2 Å². The minimum absolute atomic E-state index is 0.0139. The number of methoxy groups -OCH3 is 2. The fraction of sp³-hybridized carbons (Fsp3) is 0.238. The average molecular weight is 407 g/mol. The fourth-order valence-electron chi connectivity index (χ4n) is 3.36. The maximum atomic E-state index is 12.4. The van der Waals surface area contributed by atoms with E-state index in [2.05, 4.69) is 10.2 Å². The average Bonchev–Trinajstić information content (AvgIpc) is 3.06. The minimum atomic E-state index is -0.590. The highest BCUT2D eigenvalue weighted by atomic mass is 16.5. The van der Waals surface area contributed by atoms with Crippen LogP contribution in [0.25, 0.3) is 0 Å². The zero-order chi connectivity index (χ0) is 21.3. The number of benzene rings is 2. The van der Waals surface area contributed by atoms with Crippen molar-refractivity contribution in [2.24, 2.45) is 5.10 Å². The Morgan fingerprint density at radius 2 is 1.90 bits per heavy atom. The molecule has 9 heteroatoms. The molecule has 9 nitrogen and oxygen atoms in total. The molecule has 0 saturated heterocycles. The van der Waals surface area contributed by atoms with Crippen molar-refractivity contribution in [3.8, 4) is 11.5 Å². The van der Waals surface area contributed by atoms with Gasteiger partial charge in [-0.05, 0) is 36.8 Å². The Bertz CT molecular complexity index is 1150.